The van der Waals surface area contributed by atoms with E-state index < -0.39 is 6.10 Å². The average molecular weight is 389 g/mol. The monoisotopic (exact) mass is 390 g/mol. The third-order valence-corrected chi connectivity index (χ3v) is 6.89. The van der Waals surface area contributed by atoms with E-state index in [1.165, 1.54) is 20.0 Å². The second kappa shape index (κ2) is 7.24. The third kappa shape index (κ3) is 3.38. The van der Waals surface area contributed by atoms with E-state index in [0.717, 1.165) is 11.1 Å². The topological polar surface area (TPSA) is 20.2 Å². The molecule has 1 N–H and O–H groups in total. The molecular weight excluding hydrogens is 371 g/mol. The maximum absolute atomic E-state index is 11.0. The van der Waals surface area contributed by atoms with E-state index in [-0.39, 0.29) is 14.5 Å². The summed E-state index contributed by atoms with van der Waals surface area (Å²) in [4.78, 5) is 0. The molecule has 1 nitrogen and oxygen atoms in total. The number of rotatable bonds is 4. The molecule has 2 heteroatoms. The van der Waals surface area contributed by atoms with Crippen LogP contribution in [0.25, 0.3) is 20.0 Å². The van der Waals surface area contributed by atoms with Crippen molar-refractivity contribution < 1.29 is 5.11 Å². The minimum absolute atomic E-state index is 0.174. The van der Waals surface area contributed by atoms with Gasteiger partial charge in [0.2, 0.25) is 0 Å². The summed E-state index contributed by atoms with van der Waals surface area (Å²) >= 11 is 0.174. The zero-order chi connectivity index (χ0) is 17.1. The van der Waals surface area contributed by atoms with Crippen molar-refractivity contribution in [2.24, 2.45) is 0 Å². The molecule has 0 aliphatic heterocycles. The molecule has 25 heavy (non-hydrogen) atoms. The molecule has 0 bridgehead atoms. The van der Waals surface area contributed by atoms with Gasteiger partial charge in [0.15, 0.2) is 0 Å². The first-order chi connectivity index (χ1) is 12.3. The molecule has 0 aliphatic carbocycles. The molecule has 4 aromatic rings. The fraction of sp³-hybridized carbons (Fsp3) is 0.0435. The molecule has 0 fully saturated rings. The first-order valence-corrected chi connectivity index (χ1v) is 10.0. The number of hydrogen-bond donors (Lipinski definition) is 1. The van der Waals surface area contributed by atoms with Crippen LogP contribution in [0.15, 0.2) is 97.1 Å². The quantitative estimate of drug-likeness (QED) is 0.478. The zero-order valence-electron chi connectivity index (χ0n) is 13.7. The Hall–Kier alpha value is -2.38. The standard InChI is InChI=1S/C23H18OSe/c24-22(18-12-6-2-7-13-18)20-16-21(17-10-4-1-5-11-17)25-23(20)19-14-8-3-9-15-19/h1-16,22,24H. The van der Waals surface area contributed by atoms with Gasteiger partial charge in [0.1, 0.15) is 0 Å². The Morgan fingerprint density at radius 1 is 0.640 bits per heavy atom. The van der Waals surface area contributed by atoms with Crippen LogP contribution in [0.3, 0.4) is 0 Å². The van der Waals surface area contributed by atoms with Crippen molar-refractivity contribution in [3.05, 3.63) is 108 Å². The third-order valence-electron chi connectivity index (χ3n) is 4.26. The zero-order valence-corrected chi connectivity index (χ0v) is 15.4. The molecule has 0 spiro atoms. The van der Waals surface area contributed by atoms with Crippen molar-refractivity contribution in [1.29, 1.82) is 0 Å². The van der Waals surface area contributed by atoms with Crippen molar-refractivity contribution in [3.63, 3.8) is 0 Å². The van der Waals surface area contributed by atoms with Gasteiger partial charge in [0.25, 0.3) is 0 Å². The van der Waals surface area contributed by atoms with Crippen LogP contribution in [0.2, 0.25) is 0 Å². The second-order valence-corrected chi connectivity index (χ2v) is 8.15. The summed E-state index contributed by atoms with van der Waals surface area (Å²) in [6.45, 7) is 0. The maximum atomic E-state index is 11.0. The van der Waals surface area contributed by atoms with Gasteiger partial charge in [-0.2, -0.15) is 0 Å². The van der Waals surface area contributed by atoms with Crippen molar-refractivity contribution in [2.75, 3.05) is 0 Å². The molecule has 1 heterocycles. The van der Waals surface area contributed by atoms with Crippen molar-refractivity contribution in [1.82, 2.24) is 0 Å². The Morgan fingerprint density at radius 3 is 1.76 bits per heavy atom. The predicted octanol–water partition coefficient (Wildman–Crippen LogP) is 5.16. The predicted molar refractivity (Wildman–Crippen MR) is 105 cm³/mol. The summed E-state index contributed by atoms with van der Waals surface area (Å²) in [5.41, 5.74) is 4.41. The molecule has 122 valence electrons. The van der Waals surface area contributed by atoms with Crippen LogP contribution < -0.4 is 0 Å². The van der Waals surface area contributed by atoms with Crippen LogP contribution in [0, 0.1) is 0 Å². The Balaban J connectivity index is 1.85. The van der Waals surface area contributed by atoms with Crippen LogP contribution in [0.1, 0.15) is 17.2 Å². The van der Waals surface area contributed by atoms with Gasteiger partial charge in [-0.25, -0.2) is 0 Å². The van der Waals surface area contributed by atoms with Gasteiger partial charge >= 0.3 is 154 Å². The van der Waals surface area contributed by atoms with Crippen molar-refractivity contribution >= 4 is 14.5 Å². The number of aliphatic hydroxyl groups excluding tert-OH is 1. The minimum atomic E-state index is -0.598. The van der Waals surface area contributed by atoms with Gasteiger partial charge in [-0.1, -0.05) is 0 Å². The van der Waals surface area contributed by atoms with Crippen molar-refractivity contribution in [2.45, 2.75) is 6.10 Å². The van der Waals surface area contributed by atoms with Crippen LogP contribution in [0.4, 0.5) is 0 Å². The van der Waals surface area contributed by atoms with Crippen LogP contribution in [-0.2, 0) is 0 Å². The summed E-state index contributed by atoms with van der Waals surface area (Å²) in [7, 11) is 0. The van der Waals surface area contributed by atoms with Gasteiger partial charge in [-0.3, -0.25) is 0 Å². The molecule has 0 saturated heterocycles. The molecule has 1 unspecified atom stereocenters. The van der Waals surface area contributed by atoms with E-state index in [9.17, 15) is 5.11 Å². The number of aliphatic hydroxyl groups is 1. The fourth-order valence-corrected chi connectivity index (χ4v) is 5.50. The van der Waals surface area contributed by atoms with E-state index in [2.05, 4.69) is 54.6 Å². The molecule has 1 atom stereocenters. The van der Waals surface area contributed by atoms with Crippen molar-refractivity contribution in [3.8, 4) is 20.0 Å². The second-order valence-electron chi connectivity index (χ2n) is 5.94. The summed E-state index contributed by atoms with van der Waals surface area (Å²) in [6, 6.07) is 33.0. The van der Waals surface area contributed by atoms with E-state index in [1.54, 1.807) is 0 Å². The number of benzene rings is 3. The summed E-state index contributed by atoms with van der Waals surface area (Å²) in [5, 5.41) is 11.0. The summed E-state index contributed by atoms with van der Waals surface area (Å²) < 4.78 is 2.58. The molecule has 0 aliphatic rings. The van der Waals surface area contributed by atoms with Crippen LogP contribution in [0.5, 0.6) is 0 Å². The molecule has 0 radical (unpaired) electrons. The van der Waals surface area contributed by atoms with Crippen LogP contribution >= 0.6 is 0 Å². The normalized spacial score (nSPS) is 12.0. The Labute approximate surface area is 154 Å². The first-order valence-electron chi connectivity index (χ1n) is 8.30. The molecule has 1 aromatic heterocycles. The van der Waals surface area contributed by atoms with E-state index in [4.69, 9.17) is 0 Å². The number of hydrogen-bond acceptors (Lipinski definition) is 1. The van der Waals surface area contributed by atoms with Gasteiger partial charge in [-0.05, 0) is 0 Å². The fourth-order valence-electron chi connectivity index (χ4n) is 2.98. The molecule has 0 amide bonds. The van der Waals surface area contributed by atoms with Gasteiger partial charge in [-0.15, -0.1) is 0 Å². The van der Waals surface area contributed by atoms with Crippen LogP contribution in [-0.4, -0.2) is 19.6 Å². The SMILES string of the molecule is OC(c1ccccc1)c1cc(-c2ccccc2)[se]c1-c1ccccc1. The summed E-state index contributed by atoms with van der Waals surface area (Å²) in [6.07, 6.45) is -0.598. The Kier molecular flexibility index (Phi) is 4.67. The van der Waals surface area contributed by atoms with E-state index in [1.807, 2.05) is 42.5 Å². The summed E-state index contributed by atoms with van der Waals surface area (Å²) in [5.74, 6) is 0. The Morgan fingerprint density at radius 2 is 1.16 bits per heavy atom. The van der Waals surface area contributed by atoms with Gasteiger partial charge in [0, 0.05) is 0 Å². The van der Waals surface area contributed by atoms with Gasteiger partial charge in [0.05, 0.1) is 0 Å². The Bertz CT molecular complexity index is 943. The first kappa shape index (κ1) is 16.1. The molecular formula is C23H18OSe. The molecule has 3 aromatic carbocycles. The molecule has 4 rings (SSSR count). The van der Waals surface area contributed by atoms with E-state index >= 15 is 0 Å². The van der Waals surface area contributed by atoms with E-state index in [0.29, 0.717) is 0 Å². The molecule has 0 saturated carbocycles. The van der Waals surface area contributed by atoms with Gasteiger partial charge < -0.3 is 0 Å². The average Bonchev–Trinajstić information content (AvgIpc) is 3.15.